The summed E-state index contributed by atoms with van der Waals surface area (Å²) in [6.45, 7) is 1.55. The molecule has 0 aliphatic carbocycles. The Morgan fingerprint density at radius 3 is 1.59 bits per heavy atom. The molecule has 0 radical (unpaired) electrons. The van der Waals surface area contributed by atoms with Crippen molar-refractivity contribution in [2.24, 2.45) is 0 Å². The van der Waals surface area contributed by atoms with Crippen molar-refractivity contribution in [2.45, 2.75) is 29.8 Å². The van der Waals surface area contributed by atoms with Crippen molar-refractivity contribution >= 4 is 54.8 Å². The van der Waals surface area contributed by atoms with Crippen molar-refractivity contribution in [3.05, 3.63) is 94.2 Å². The predicted molar refractivity (Wildman–Crippen MR) is 180 cm³/mol. The lowest BCUT2D eigenvalue weighted by atomic mass is 10.0. The summed E-state index contributed by atoms with van der Waals surface area (Å²) in [5.41, 5.74) is -0.703. The zero-order valence-electron chi connectivity index (χ0n) is 26.5. The van der Waals surface area contributed by atoms with Crippen LogP contribution in [0.5, 0.6) is 11.5 Å². The van der Waals surface area contributed by atoms with Gasteiger partial charge in [0.25, 0.3) is 0 Å². The Morgan fingerprint density at radius 2 is 1.14 bits per heavy atom. The third-order valence-corrected chi connectivity index (χ3v) is 10.9. The number of hydrogen-bond donors (Lipinski definition) is 2. The second-order valence-corrected chi connectivity index (χ2v) is 15.7. The fourth-order valence-electron chi connectivity index (χ4n) is 4.31. The number of alkyl halides is 3. The van der Waals surface area contributed by atoms with E-state index < -0.39 is 62.4 Å². The van der Waals surface area contributed by atoms with E-state index in [1.165, 1.54) is 56.3 Å². The molecule has 0 saturated carbocycles. The Morgan fingerprint density at radius 1 is 0.667 bits per heavy atom. The van der Waals surface area contributed by atoms with Crippen LogP contribution in [-0.2, 0) is 35.4 Å². The number of rotatable bonds is 12. The van der Waals surface area contributed by atoms with Crippen molar-refractivity contribution in [1.82, 2.24) is 0 Å². The lowest BCUT2D eigenvalue weighted by molar-refractivity contribution is -0.140. The first kappa shape index (κ1) is 41.0. The maximum atomic E-state index is 14.4. The van der Waals surface area contributed by atoms with Crippen LogP contribution in [0.4, 0.5) is 17.6 Å². The molecule has 0 aliphatic heterocycles. The van der Waals surface area contributed by atoms with Crippen LogP contribution >= 0.6 is 23.2 Å². The molecule has 4 aromatic rings. The number of benzene rings is 4. The van der Waals surface area contributed by atoms with Crippen LogP contribution < -0.4 is 9.47 Å². The highest BCUT2D eigenvalue weighted by Crippen LogP contribution is 2.41. The third-order valence-electron chi connectivity index (χ3n) is 6.89. The van der Waals surface area contributed by atoms with Gasteiger partial charge in [-0.2, -0.15) is 13.2 Å². The van der Waals surface area contributed by atoms with Gasteiger partial charge in [-0.15, -0.1) is 0 Å². The van der Waals surface area contributed by atoms with Gasteiger partial charge in [-0.3, -0.25) is 0 Å². The number of halogens is 6. The fourth-order valence-corrected chi connectivity index (χ4v) is 6.63. The molecule has 0 aromatic heterocycles. The molecule has 0 spiro atoms. The number of hydrogen-bond acceptors (Lipinski definition) is 8. The zero-order valence-corrected chi connectivity index (χ0v) is 29.6. The SMILES string of the molecule is CCS(=O)(=O)c1ccc(-c2cc(C(F)(F)F)ccc2OCC(=O)O)c(Cl)c1.CCS(=O)(=O)c1ccc(-c2cc(Cl)ccc2OCC(=O)O)c(F)c1. The summed E-state index contributed by atoms with van der Waals surface area (Å²) in [4.78, 5) is 21.2. The van der Waals surface area contributed by atoms with E-state index in [0.717, 1.165) is 30.3 Å². The molecule has 51 heavy (non-hydrogen) atoms. The summed E-state index contributed by atoms with van der Waals surface area (Å²) in [5.74, 6) is -3.57. The Balaban J connectivity index is 0.000000277. The quantitative estimate of drug-likeness (QED) is 0.136. The second-order valence-electron chi connectivity index (χ2n) is 10.3. The van der Waals surface area contributed by atoms with Crippen molar-refractivity contribution in [2.75, 3.05) is 24.7 Å². The summed E-state index contributed by atoms with van der Waals surface area (Å²) >= 11 is 12.0. The molecule has 0 bridgehead atoms. The van der Waals surface area contributed by atoms with Gasteiger partial charge >= 0.3 is 18.1 Å². The van der Waals surface area contributed by atoms with Crippen LogP contribution in [0, 0.1) is 5.82 Å². The number of carboxylic acids is 2. The van der Waals surface area contributed by atoms with Crippen molar-refractivity contribution in [3.63, 3.8) is 0 Å². The van der Waals surface area contributed by atoms with E-state index >= 15 is 0 Å². The molecule has 4 aromatic carbocycles. The summed E-state index contributed by atoms with van der Waals surface area (Å²) in [7, 11) is -7.09. The molecule has 18 heteroatoms. The molecule has 0 atom stereocenters. The van der Waals surface area contributed by atoms with Gasteiger partial charge in [-0.1, -0.05) is 49.2 Å². The van der Waals surface area contributed by atoms with Crippen molar-refractivity contribution in [3.8, 4) is 33.8 Å². The number of aliphatic carboxylic acids is 2. The summed E-state index contributed by atoms with van der Waals surface area (Å²) in [6, 6.07) is 14.0. The van der Waals surface area contributed by atoms with Crippen LogP contribution in [0.25, 0.3) is 22.3 Å². The molecular weight excluding hydrogens is 767 g/mol. The van der Waals surface area contributed by atoms with Crippen LogP contribution in [0.15, 0.2) is 82.6 Å². The standard InChI is InChI=1S/C17H14ClF3O5S.C16H14ClFO5S/c1-2-27(24,25)11-4-5-12(14(18)8-11)13-7-10(17(19,20)21)3-6-15(13)26-9-16(22)23;1-2-24(21,22)11-4-5-12(14(18)8-11)13-7-10(17)3-6-15(13)23-9-16(19)20/h3-8H,2,9H2,1H3,(H,22,23);3-8H,2,9H2,1H3,(H,19,20). The monoisotopic (exact) mass is 794 g/mol. The molecule has 0 fully saturated rings. The maximum Gasteiger partial charge on any atom is 0.416 e. The molecule has 0 unspecified atom stereocenters. The molecule has 10 nitrogen and oxygen atoms in total. The van der Waals surface area contributed by atoms with Crippen LogP contribution in [0.1, 0.15) is 19.4 Å². The summed E-state index contributed by atoms with van der Waals surface area (Å²) in [5, 5.41) is 17.6. The average molecular weight is 796 g/mol. The number of carboxylic acid groups (broad SMARTS) is 2. The first-order chi connectivity index (χ1) is 23.7. The van der Waals surface area contributed by atoms with Crippen molar-refractivity contribution < 1.29 is 63.7 Å². The van der Waals surface area contributed by atoms with Crippen LogP contribution in [0.2, 0.25) is 10.0 Å². The van der Waals surface area contributed by atoms with Gasteiger partial charge in [-0.25, -0.2) is 30.8 Å². The maximum absolute atomic E-state index is 14.4. The van der Waals surface area contributed by atoms with Gasteiger partial charge in [0.05, 0.1) is 26.9 Å². The van der Waals surface area contributed by atoms with Crippen LogP contribution in [-0.4, -0.2) is 63.7 Å². The Bertz CT molecular complexity index is 2160. The van der Waals surface area contributed by atoms with E-state index in [1.807, 2.05) is 0 Å². The highest BCUT2D eigenvalue weighted by Gasteiger charge is 2.32. The molecule has 0 saturated heterocycles. The first-order valence-corrected chi connectivity index (χ1v) is 18.5. The molecule has 0 amide bonds. The molecular formula is C33H28Cl2F4O10S2. The largest absolute Gasteiger partial charge is 0.481 e. The van der Waals surface area contributed by atoms with Gasteiger partial charge in [0.15, 0.2) is 32.9 Å². The fraction of sp³-hybridized carbons (Fsp3) is 0.212. The van der Waals surface area contributed by atoms with Crippen molar-refractivity contribution in [1.29, 1.82) is 0 Å². The van der Waals surface area contributed by atoms with Crippen LogP contribution in [0.3, 0.4) is 0 Å². The predicted octanol–water partition coefficient (Wildman–Crippen LogP) is 7.69. The minimum Gasteiger partial charge on any atom is -0.481 e. The van der Waals surface area contributed by atoms with E-state index in [2.05, 4.69) is 0 Å². The van der Waals surface area contributed by atoms with E-state index in [0.29, 0.717) is 5.02 Å². The Kier molecular flexibility index (Phi) is 13.5. The molecule has 274 valence electrons. The highest BCUT2D eigenvalue weighted by atomic mass is 35.5. The normalized spacial score (nSPS) is 11.7. The summed E-state index contributed by atoms with van der Waals surface area (Å²) < 4.78 is 111. The van der Waals surface area contributed by atoms with E-state index in [9.17, 15) is 44.0 Å². The molecule has 0 aliphatic rings. The smallest absolute Gasteiger partial charge is 0.416 e. The lowest BCUT2D eigenvalue weighted by Crippen LogP contribution is -2.11. The van der Waals surface area contributed by atoms with E-state index in [4.69, 9.17) is 42.9 Å². The summed E-state index contributed by atoms with van der Waals surface area (Å²) in [6.07, 6.45) is -4.64. The van der Waals surface area contributed by atoms with E-state index in [1.54, 1.807) is 0 Å². The lowest BCUT2D eigenvalue weighted by Gasteiger charge is -2.15. The number of ether oxygens (including phenoxy) is 2. The molecule has 0 heterocycles. The van der Waals surface area contributed by atoms with Gasteiger partial charge < -0.3 is 19.7 Å². The third kappa shape index (κ3) is 10.8. The molecule has 4 rings (SSSR count). The number of sulfone groups is 2. The number of carbonyl (C=O) groups is 2. The highest BCUT2D eigenvalue weighted by molar-refractivity contribution is 7.91. The Hall–Kier alpha value is -4.38. The van der Waals surface area contributed by atoms with Gasteiger partial charge in [-0.05, 0) is 60.7 Å². The second kappa shape index (κ2) is 16.8. The first-order valence-electron chi connectivity index (χ1n) is 14.5. The average Bonchev–Trinajstić information content (AvgIpc) is 3.06. The van der Waals surface area contributed by atoms with Gasteiger partial charge in [0.1, 0.15) is 17.3 Å². The van der Waals surface area contributed by atoms with E-state index in [-0.39, 0.29) is 60.1 Å². The zero-order chi connectivity index (χ0) is 38.3. The minimum absolute atomic E-state index is 0.0629. The Labute approximate surface area is 300 Å². The minimum atomic E-state index is -4.64. The topological polar surface area (TPSA) is 161 Å². The van der Waals surface area contributed by atoms with Gasteiger partial charge in [0, 0.05) is 32.3 Å². The van der Waals surface area contributed by atoms with Gasteiger partial charge in [0.2, 0.25) is 0 Å². The molecule has 2 N–H and O–H groups in total.